The van der Waals surface area contributed by atoms with Gasteiger partial charge in [-0.1, -0.05) is 12.1 Å². The molecule has 0 saturated heterocycles. The van der Waals surface area contributed by atoms with E-state index >= 15 is 0 Å². The molecule has 20 heavy (non-hydrogen) atoms. The summed E-state index contributed by atoms with van der Waals surface area (Å²) < 4.78 is 5.29. The molecule has 1 aromatic heterocycles. The van der Waals surface area contributed by atoms with Crippen LogP contribution in [0.3, 0.4) is 0 Å². The second-order valence-electron chi connectivity index (χ2n) is 4.55. The van der Waals surface area contributed by atoms with Crippen molar-refractivity contribution in [2.45, 2.75) is 13.3 Å². The molecule has 4 heteroatoms. The molecule has 0 atom stereocenters. The molecule has 0 fully saturated rings. The van der Waals surface area contributed by atoms with Crippen molar-refractivity contribution in [3.8, 4) is 5.75 Å². The molecule has 1 amide bonds. The number of carbonyl (C=O) groups is 1. The Morgan fingerprint density at radius 1 is 1.35 bits per heavy atom. The number of carbonyl (C=O) groups excluding carboxylic acids is 1. The zero-order valence-corrected chi connectivity index (χ0v) is 11.7. The number of methoxy groups -OCH3 is 1. The average molecular weight is 270 g/mol. The van der Waals surface area contributed by atoms with E-state index in [1.807, 2.05) is 25.1 Å². The zero-order valence-electron chi connectivity index (χ0n) is 11.7. The average Bonchev–Trinajstić information content (AvgIpc) is 2.49. The fraction of sp³-hybridized carbons (Fsp3) is 0.250. The van der Waals surface area contributed by atoms with Gasteiger partial charge in [0.2, 0.25) is 0 Å². The molecule has 0 aliphatic heterocycles. The summed E-state index contributed by atoms with van der Waals surface area (Å²) in [6, 6.07) is 9.58. The van der Waals surface area contributed by atoms with Crippen LogP contribution in [0.4, 0.5) is 0 Å². The number of nitrogens with zero attached hydrogens (tertiary/aromatic N) is 1. The summed E-state index contributed by atoms with van der Waals surface area (Å²) in [6.07, 6.45) is 3.97. The molecule has 1 heterocycles. The Morgan fingerprint density at radius 3 is 2.90 bits per heavy atom. The minimum absolute atomic E-state index is 0.0998. The van der Waals surface area contributed by atoms with E-state index in [0.29, 0.717) is 12.1 Å². The summed E-state index contributed by atoms with van der Waals surface area (Å²) >= 11 is 0. The van der Waals surface area contributed by atoms with Crippen LogP contribution in [-0.2, 0) is 6.42 Å². The summed E-state index contributed by atoms with van der Waals surface area (Å²) in [4.78, 5) is 15.8. The maximum absolute atomic E-state index is 11.8. The van der Waals surface area contributed by atoms with E-state index in [4.69, 9.17) is 4.74 Å². The maximum Gasteiger partial charge on any atom is 0.252 e. The first-order valence-electron chi connectivity index (χ1n) is 6.52. The summed E-state index contributed by atoms with van der Waals surface area (Å²) in [5, 5.41) is 2.88. The van der Waals surface area contributed by atoms with Crippen LogP contribution >= 0.6 is 0 Å². The standard InChI is InChI=1S/C16H18N2O2/c1-12-5-6-13(10-15(12)20-2)7-9-18-16(19)14-4-3-8-17-11-14/h3-6,8,10-11H,7,9H2,1-2H3,(H,18,19). The largest absolute Gasteiger partial charge is 0.496 e. The van der Waals surface area contributed by atoms with Crippen molar-refractivity contribution >= 4 is 5.91 Å². The Labute approximate surface area is 118 Å². The molecule has 0 bridgehead atoms. The van der Waals surface area contributed by atoms with E-state index in [1.165, 1.54) is 0 Å². The number of benzene rings is 1. The summed E-state index contributed by atoms with van der Waals surface area (Å²) in [5.41, 5.74) is 2.82. The first-order valence-corrected chi connectivity index (χ1v) is 6.52. The van der Waals surface area contributed by atoms with Gasteiger partial charge in [0.1, 0.15) is 5.75 Å². The van der Waals surface area contributed by atoms with Crippen LogP contribution in [0.25, 0.3) is 0 Å². The van der Waals surface area contributed by atoms with Gasteiger partial charge in [0.15, 0.2) is 0 Å². The van der Waals surface area contributed by atoms with Gasteiger partial charge in [-0.2, -0.15) is 0 Å². The molecule has 2 rings (SSSR count). The lowest BCUT2D eigenvalue weighted by Gasteiger charge is -2.08. The second-order valence-corrected chi connectivity index (χ2v) is 4.55. The molecule has 0 aliphatic carbocycles. The predicted molar refractivity (Wildman–Crippen MR) is 78.0 cm³/mol. The number of hydrogen-bond acceptors (Lipinski definition) is 3. The fourth-order valence-electron chi connectivity index (χ4n) is 1.94. The molecule has 1 aromatic carbocycles. The van der Waals surface area contributed by atoms with E-state index < -0.39 is 0 Å². The number of amides is 1. The molecule has 0 aliphatic rings. The van der Waals surface area contributed by atoms with Gasteiger partial charge in [-0.05, 0) is 42.7 Å². The highest BCUT2D eigenvalue weighted by Crippen LogP contribution is 2.18. The van der Waals surface area contributed by atoms with Crippen LogP contribution in [-0.4, -0.2) is 24.5 Å². The number of nitrogens with one attached hydrogen (secondary N) is 1. The number of aryl methyl sites for hydroxylation is 1. The van der Waals surface area contributed by atoms with Gasteiger partial charge in [-0.15, -0.1) is 0 Å². The Kier molecular flexibility index (Phi) is 4.71. The van der Waals surface area contributed by atoms with Gasteiger partial charge in [-0.25, -0.2) is 0 Å². The van der Waals surface area contributed by atoms with Crippen LogP contribution in [0.2, 0.25) is 0 Å². The molecule has 2 aromatic rings. The van der Waals surface area contributed by atoms with Crippen molar-refractivity contribution in [2.24, 2.45) is 0 Å². The normalized spacial score (nSPS) is 10.1. The monoisotopic (exact) mass is 270 g/mol. The Morgan fingerprint density at radius 2 is 2.20 bits per heavy atom. The van der Waals surface area contributed by atoms with E-state index in [1.54, 1.807) is 31.6 Å². The van der Waals surface area contributed by atoms with Crippen molar-refractivity contribution < 1.29 is 9.53 Å². The molecule has 0 radical (unpaired) electrons. The Hall–Kier alpha value is -2.36. The van der Waals surface area contributed by atoms with Gasteiger partial charge >= 0.3 is 0 Å². The van der Waals surface area contributed by atoms with Gasteiger partial charge in [0.05, 0.1) is 12.7 Å². The number of pyridine rings is 1. The van der Waals surface area contributed by atoms with E-state index in [2.05, 4.69) is 10.3 Å². The van der Waals surface area contributed by atoms with Crippen molar-refractivity contribution in [3.63, 3.8) is 0 Å². The highest BCUT2D eigenvalue weighted by molar-refractivity contribution is 5.93. The van der Waals surface area contributed by atoms with Crippen LogP contribution in [0.15, 0.2) is 42.7 Å². The Bertz CT molecular complexity index is 582. The third-order valence-electron chi connectivity index (χ3n) is 3.10. The maximum atomic E-state index is 11.8. The van der Waals surface area contributed by atoms with Crippen LogP contribution < -0.4 is 10.1 Å². The molecule has 1 N–H and O–H groups in total. The third kappa shape index (κ3) is 3.57. The molecule has 0 spiro atoms. The van der Waals surface area contributed by atoms with Crippen molar-refractivity contribution in [1.29, 1.82) is 0 Å². The molecule has 104 valence electrons. The summed E-state index contributed by atoms with van der Waals surface area (Å²) in [6.45, 7) is 2.59. The zero-order chi connectivity index (χ0) is 14.4. The quantitative estimate of drug-likeness (QED) is 0.907. The third-order valence-corrected chi connectivity index (χ3v) is 3.10. The smallest absolute Gasteiger partial charge is 0.252 e. The van der Waals surface area contributed by atoms with Crippen LogP contribution in [0.5, 0.6) is 5.75 Å². The van der Waals surface area contributed by atoms with Gasteiger partial charge < -0.3 is 10.1 Å². The first kappa shape index (κ1) is 14.1. The fourth-order valence-corrected chi connectivity index (χ4v) is 1.94. The SMILES string of the molecule is COc1cc(CCNC(=O)c2cccnc2)ccc1C. The van der Waals surface area contributed by atoms with Gasteiger partial charge in [-0.3, -0.25) is 9.78 Å². The molecule has 0 saturated carbocycles. The second kappa shape index (κ2) is 6.70. The van der Waals surface area contributed by atoms with Gasteiger partial charge in [0.25, 0.3) is 5.91 Å². The number of hydrogen-bond donors (Lipinski definition) is 1. The molecular formula is C16H18N2O2. The highest BCUT2D eigenvalue weighted by Gasteiger charge is 2.05. The van der Waals surface area contributed by atoms with E-state index in [9.17, 15) is 4.79 Å². The summed E-state index contributed by atoms with van der Waals surface area (Å²) in [5.74, 6) is 0.776. The highest BCUT2D eigenvalue weighted by atomic mass is 16.5. The lowest BCUT2D eigenvalue weighted by molar-refractivity contribution is 0.0954. The lowest BCUT2D eigenvalue weighted by atomic mass is 10.1. The summed E-state index contributed by atoms with van der Waals surface area (Å²) in [7, 11) is 1.66. The molecule has 4 nitrogen and oxygen atoms in total. The number of ether oxygens (including phenoxy) is 1. The van der Waals surface area contributed by atoms with Crippen molar-refractivity contribution in [2.75, 3.05) is 13.7 Å². The van der Waals surface area contributed by atoms with Crippen molar-refractivity contribution in [1.82, 2.24) is 10.3 Å². The minimum atomic E-state index is -0.0998. The van der Waals surface area contributed by atoms with Gasteiger partial charge in [0, 0.05) is 18.9 Å². The lowest BCUT2D eigenvalue weighted by Crippen LogP contribution is -2.25. The number of rotatable bonds is 5. The van der Waals surface area contributed by atoms with Crippen LogP contribution in [0.1, 0.15) is 21.5 Å². The first-order chi connectivity index (χ1) is 9.70. The minimum Gasteiger partial charge on any atom is -0.496 e. The van der Waals surface area contributed by atoms with Crippen LogP contribution in [0, 0.1) is 6.92 Å². The van der Waals surface area contributed by atoms with E-state index in [-0.39, 0.29) is 5.91 Å². The molecular weight excluding hydrogens is 252 g/mol. The Balaban J connectivity index is 1.89. The van der Waals surface area contributed by atoms with Crippen molar-refractivity contribution in [3.05, 3.63) is 59.4 Å². The molecule has 0 unspecified atom stereocenters. The topological polar surface area (TPSA) is 51.2 Å². The predicted octanol–water partition coefficient (Wildman–Crippen LogP) is 2.37. The van der Waals surface area contributed by atoms with E-state index in [0.717, 1.165) is 23.3 Å². The number of aromatic nitrogens is 1.